The van der Waals surface area contributed by atoms with Crippen LogP contribution in [0.5, 0.6) is 0 Å². The Morgan fingerprint density at radius 1 is 0.594 bits per heavy atom. The molecule has 0 radical (unpaired) electrons. The van der Waals surface area contributed by atoms with Crippen molar-refractivity contribution in [3.8, 4) is 0 Å². The number of hydrogen-bond donors (Lipinski definition) is 1. The van der Waals surface area contributed by atoms with Crippen LogP contribution in [-0.4, -0.2) is 11.1 Å². The van der Waals surface area contributed by atoms with Gasteiger partial charge in [0.25, 0.3) is 0 Å². The van der Waals surface area contributed by atoms with Gasteiger partial charge in [-0.15, -0.1) is 0 Å². The molecule has 1 N–H and O–H groups in total. The zero-order valence-electron chi connectivity index (χ0n) is 21.4. The molecule has 0 bridgehead atoms. The van der Waals surface area contributed by atoms with Gasteiger partial charge in [-0.2, -0.15) is 0 Å². The molecule has 0 saturated heterocycles. The summed E-state index contributed by atoms with van der Waals surface area (Å²) in [5.74, 6) is -0.653. The van der Waals surface area contributed by atoms with E-state index in [1.54, 1.807) is 5.56 Å². The van der Waals surface area contributed by atoms with E-state index >= 15 is 0 Å². The molecule has 0 fully saturated rings. The summed E-state index contributed by atoms with van der Waals surface area (Å²) in [4.78, 5) is 10.4. The van der Waals surface area contributed by atoms with E-state index < -0.39 is 5.97 Å². The van der Waals surface area contributed by atoms with Crippen LogP contribution >= 0.6 is 0 Å². The summed E-state index contributed by atoms with van der Waals surface area (Å²) in [5.41, 5.74) is 4.38. The fourth-order valence-electron chi connectivity index (χ4n) is 4.72. The summed E-state index contributed by atoms with van der Waals surface area (Å²) >= 11 is 0. The Hall–Kier alpha value is -1.31. The zero-order chi connectivity index (χ0) is 23.3. The highest BCUT2D eigenvalue weighted by Gasteiger charge is 2.00. The average molecular weight is 445 g/mol. The molecule has 0 aliphatic carbocycles. The van der Waals surface area contributed by atoms with Gasteiger partial charge < -0.3 is 5.11 Å². The van der Waals surface area contributed by atoms with E-state index in [4.69, 9.17) is 5.11 Å². The van der Waals surface area contributed by atoms with Crippen molar-refractivity contribution >= 4 is 5.97 Å². The van der Waals surface area contributed by atoms with Crippen LogP contribution in [0, 0.1) is 13.8 Å². The molecule has 2 heteroatoms. The van der Waals surface area contributed by atoms with Crippen LogP contribution in [0.1, 0.15) is 145 Å². The molecular weight excluding hydrogens is 392 g/mol. The molecule has 1 rings (SSSR count). The SMILES string of the molecule is Cc1ccc(CCCCCCCCCCCCCCCCCCCCCC(=O)O)c(C)c1. The Labute approximate surface area is 199 Å². The van der Waals surface area contributed by atoms with Crippen LogP contribution in [-0.2, 0) is 11.2 Å². The van der Waals surface area contributed by atoms with Crippen molar-refractivity contribution in [2.24, 2.45) is 0 Å². The van der Waals surface area contributed by atoms with Gasteiger partial charge in [-0.25, -0.2) is 0 Å². The quantitative estimate of drug-likeness (QED) is 0.181. The van der Waals surface area contributed by atoms with E-state index in [1.165, 1.54) is 127 Å². The van der Waals surface area contributed by atoms with Crippen molar-refractivity contribution in [3.05, 3.63) is 34.9 Å². The van der Waals surface area contributed by atoms with Crippen molar-refractivity contribution in [2.45, 2.75) is 149 Å². The topological polar surface area (TPSA) is 37.3 Å². The maximum Gasteiger partial charge on any atom is 0.303 e. The van der Waals surface area contributed by atoms with E-state index in [-0.39, 0.29) is 0 Å². The molecule has 184 valence electrons. The van der Waals surface area contributed by atoms with Crippen molar-refractivity contribution < 1.29 is 9.90 Å². The van der Waals surface area contributed by atoms with E-state index in [0.717, 1.165) is 12.8 Å². The molecule has 0 aliphatic rings. The summed E-state index contributed by atoms with van der Waals surface area (Å²) in [5, 5.41) is 8.61. The number of aryl methyl sites for hydroxylation is 3. The maximum absolute atomic E-state index is 10.4. The van der Waals surface area contributed by atoms with Gasteiger partial charge in [0.1, 0.15) is 0 Å². The molecule has 2 nitrogen and oxygen atoms in total. The molecule has 1 aromatic rings. The molecule has 0 unspecified atom stereocenters. The van der Waals surface area contributed by atoms with Gasteiger partial charge >= 0.3 is 5.97 Å². The minimum absolute atomic E-state index is 0.342. The third-order valence-electron chi connectivity index (χ3n) is 6.83. The van der Waals surface area contributed by atoms with Gasteiger partial charge in [0.15, 0.2) is 0 Å². The third kappa shape index (κ3) is 17.3. The number of benzene rings is 1. The van der Waals surface area contributed by atoms with Crippen molar-refractivity contribution in [1.82, 2.24) is 0 Å². The molecular formula is C30H52O2. The minimum atomic E-state index is -0.653. The molecule has 0 heterocycles. The highest BCUT2D eigenvalue weighted by molar-refractivity contribution is 5.66. The number of unbranched alkanes of at least 4 members (excludes halogenated alkanes) is 18. The lowest BCUT2D eigenvalue weighted by Gasteiger charge is -2.07. The second kappa shape index (κ2) is 20.3. The highest BCUT2D eigenvalue weighted by Crippen LogP contribution is 2.17. The van der Waals surface area contributed by atoms with Gasteiger partial charge in [0.2, 0.25) is 0 Å². The Morgan fingerprint density at radius 3 is 1.34 bits per heavy atom. The molecule has 0 amide bonds. The van der Waals surface area contributed by atoms with E-state index in [1.807, 2.05) is 0 Å². The predicted octanol–water partition coefficient (Wildman–Crippen LogP) is 9.73. The average Bonchev–Trinajstić information content (AvgIpc) is 2.76. The largest absolute Gasteiger partial charge is 0.481 e. The first-order chi connectivity index (χ1) is 15.6. The molecule has 0 aliphatic heterocycles. The second-order valence-corrected chi connectivity index (χ2v) is 10.0. The number of carboxylic acids is 1. The first-order valence-electron chi connectivity index (χ1n) is 13.9. The third-order valence-corrected chi connectivity index (χ3v) is 6.83. The fourth-order valence-corrected chi connectivity index (χ4v) is 4.72. The zero-order valence-corrected chi connectivity index (χ0v) is 21.4. The van der Waals surface area contributed by atoms with Crippen molar-refractivity contribution in [3.63, 3.8) is 0 Å². The predicted molar refractivity (Wildman–Crippen MR) is 140 cm³/mol. The normalized spacial score (nSPS) is 11.2. The Balaban J connectivity index is 1.73. The standard InChI is InChI=1S/C30H52O2/c1-27-24-25-29(28(2)26-27)22-20-18-16-14-12-10-8-6-4-3-5-7-9-11-13-15-17-19-21-23-30(31)32/h24-26H,3-23H2,1-2H3,(H,31,32). The second-order valence-electron chi connectivity index (χ2n) is 10.0. The molecule has 0 saturated carbocycles. The van der Waals surface area contributed by atoms with Crippen LogP contribution in [0.2, 0.25) is 0 Å². The summed E-state index contributed by atoms with van der Waals surface area (Å²) in [6.45, 7) is 4.43. The Kier molecular flexibility index (Phi) is 18.2. The number of carbonyl (C=O) groups is 1. The smallest absolute Gasteiger partial charge is 0.303 e. The van der Waals surface area contributed by atoms with E-state index in [9.17, 15) is 4.79 Å². The summed E-state index contributed by atoms with van der Waals surface area (Å²) in [7, 11) is 0. The minimum Gasteiger partial charge on any atom is -0.481 e. The van der Waals surface area contributed by atoms with E-state index in [0.29, 0.717) is 6.42 Å². The van der Waals surface area contributed by atoms with Crippen LogP contribution in [0.15, 0.2) is 18.2 Å². The first kappa shape index (κ1) is 28.7. The van der Waals surface area contributed by atoms with Crippen LogP contribution in [0.4, 0.5) is 0 Å². The van der Waals surface area contributed by atoms with Crippen molar-refractivity contribution in [1.29, 1.82) is 0 Å². The van der Waals surface area contributed by atoms with Gasteiger partial charge in [0.05, 0.1) is 0 Å². The monoisotopic (exact) mass is 444 g/mol. The number of hydrogen-bond acceptors (Lipinski definition) is 1. The summed E-state index contributed by atoms with van der Waals surface area (Å²) < 4.78 is 0. The summed E-state index contributed by atoms with van der Waals surface area (Å²) in [6.07, 6.45) is 27.1. The highest BCUT2D eigenvalue weighted by atomic mass is 16.4. The Morgan fingerprint density at radius 2 is 0.969 bits per heavy atom. The summed E-state index contributed by atoms with van der Waals surface area (Å²) in [6, 6.07) is 6.88. The van der Waals surface area contributed by atoms with Gasteiger partial charge in [-0.1, -0.05) is 133 Å². The van der Waals surface area contributed by atoms with Crippen LogP contribution < -0.4 is 0 Å². The van der Waals surface area contributed by atoms with Crippen LogP contribution in [0.25, 0.3) is 0 Å². The first-order valence-corrected chi connectivity index (χ1v) is 13.9. The van der Waals surface area contributed by atoms with Gasteiger partial charge in [-0.05, 0) is 44.2 Å². The van der Waals surface area contributed by atoms with Gasteiger partial charge in [0, 0.05) is 6.42 Å². The van der Waals surface area contributed by atoms with Gasteiger partial charge in [-0.3, -0.25) is 4.79 Å². The molecule has 0 spiro atoms. The lowest BCUT2D eigenvalue weighted by molar-refractivity contribution is -0.137. The molecule has 32 heavy (non-hydrogen) atoms. The lowest BCUT2D eigenvalue weighted by Crippen LogP contribution is -1.93. The maximum atomic E-state index is 10.4. The molecule has 0 aromatic heterocycles. The van der Waals surface area contributed by atoms with Crippen molar-refractivity contribution in [2.75, 3.05) is 0 Å². The number of carboxylic acid groups (broad SMARTS) is 1. The molecule has 1 aromatic carbocycles. The van der Waals surface area contributed by atoms with Crippen LogP contribution in [0.3, 0.4) is 0 Å². The number of aliphatic carboxylic acids is 1. The lowest BCUT2D eigenvalue weighted by atomic mass is 9.99. The Bertz CT molecular complexity index is 578. The molecule has 0 atom stereocenters. The van der Waals surface area contributed by atoms with E-state index in [2.05, 4.69) is 32.0 Å². The number of rotatable bonds is 22. The fraction of sp³-hybridized carbons (Fsp3) is 0.767.